The number of benzene rings is 1. The molecule has 0 saturated heterocycles. The van der Waals surface area contributed by atoms with Crippen LogP contribution in [0, 0.1) is 0 Å². The lowest BCUT2D eigenvalue weighted by Crippen LogP contribution is -2.31. The van der Waals surface area contributed by atoms with Gasteiger partial charge in [-0.15, -0.1) is 0 Å². The third-order valence-corrected chi connectivity index (χ3v) is 2.43. The quantitative estimate of drug-likeness (QED) is 0.805. The summed E-state index contributed by atoms with van der Waals surface area (Å²) in [4.78, 5) is 0. The zero-order chi connectivity index (χ0) is 10.6. The van der Waals surface area contributed by atoms with Crippen LogP contribution in [0.1, 0.15) is 25.5 Å². The fourth-order valence-corrected chi connectivity index (χ4v) is 1.45. The van der Waals surface area contributed by atoms with E-state index in [-0.39, 0.29) is 18.7 Å². The van der Waals surface area contributed by atoms with Crippen molar-refractivity contribution >= 4 is 11.6 Å². The van der Waals surface area contributed by atoms with Crippen molar-refractivity contribution in [2.45, 2.75) is 25.9 Å². The Balaban J connectivity index is 2.60. The van der Waals surface area contributed by atoms with Crippen LogP contribution in [0.25, 0.3) is 0 Å². The summed E-state index contributed by atoms with van der Waals surface area (Å²) in [6.07, 6.45) is 0. The average Bonchev–Trinajstić information content (AvgIpc) is 2.18. The van der Waals surface area contributed by atoms with E-state index in [9.17, 15) is 0 Å². The first-order valence-corrected chi connectivity index (χ1v) is 5.13. The van der Waals surface area contributed by atoms with Crippen molar-refractivity contribution < 1.29 is 5.11 Å². The molecule has 0 aromatic heterocycles. The maximum absolute atomic E-state index is 8.89. The van der Waals surface area contributed by atoms with Crippen molar-refractivity contribution in [3.8, 4) is 0 Å². The highest BCUT2D eigenvalue weighted by Gasteiger charge is 2.07. The highest BCUT2D eigenvalue weighted by molar-refractivity contribution is 6.30. The van der Waals surface area contributed by atoms with Gasteiger partial charge in [-0.3, -0.25) is 0 Å². The topological polar surface area (TPSA) is 32.3 Å². The highest BCUT2D eigenvalue weighted by atomic mass is 35.5. The minimum absolute atomic E-state index is 0.112. The number of aliphatic hydroxyl groups is 1. The summed E-state index contributed by atoms with van der Waals surface area (Å²) in [5.41, 5.74) is 1.18. The van der Waals surface area contributed by atoms with Gasteiger partial charge < -0.3 is 10.4 Å². The van der Waals surface area contributed by atoms with Gasteiger partial charge in [0.2, 0.25) is 0 Å². The Morgan fingerprint density at radius 3 is 2.36 bits per heavy atom. The van der Waals surface area contributed by atoms with Gasteiger partial charge in [-0.2, -0.15) is 0 Å². The molecular formula is C11H16ClNO. The molecule has 0 amide bonds. The van der Waals surface area contributed by atoms with Crippen molar-refractivity contribution in [2.75, 3.05) is 6.61 Å². The molecule has 0 aliphatic heterocycles. The zero-order valence-corrected chi connectivity index (χ0v) is 9.25. The Kier molecular flexibility index (Phi) is 4.39. The van der Waals surface area contributed by atoms with Gasteiger partial charge in [-0.1, -0.05) is 23.7 Å². The summed E-state index contributed by atoms with van der Waals surface area (Å²) < 4.78 is 0. The first-order chi connectivity index (χ1) is 6.63. The normalized spacial score (nSPS) is 15.1. The van der Waals surface area contributed by atoms with Crippen molar-refractivity contribution in [1.29, 1.82) is 0 Å². The number of halogens is 1. The van der Waals surface area contributed by atoms with Gasteiger partial charge in [0.1, 0.15) is 0 Å². The second-order valence-corrected chi connectivity index (χ2v) is 3.96. The standard InChI is InChI=1S/C11H16ClNO/c1-8(7-14)13-9(2)10-3-5-11(12)6-4-10/h3-6,8-9,13-14H,7H2,1-2H3/t8-,9-/m0/s1. The van der Waals surface area contributed by atoms with Gasteiger partial charge in [-0.05, 0) is 31.5 Å². The third kappa shape index (κ3) is 3.29. The number of nitrogens with one attached hydrogen (secondary N) is 1. The number of hydrogen-bond donors (Lipinski definition) is 2. The van der Waals surface area contributed by atoms with Crippen LogP contribution in [-0.4, -0.2) is 17.8 Å². The van der Waals surface area contributed by atoms with E-state index in [1.54, 1.807) is 0 Å². The molecule has 2 atom stereocenters. The number of aliphatic hydroxyl groups excluding tert-OH is 1. The van der Waals surface area contributed by atoms with Crippen molar-refractivity contribution in [3.05, 3.63) is 34.9 Å². The summed E-state index contributed by atoms with van der Waals surface area (Å²) in [7, 11) is 0. The molecule has 14 heavy (non-hydrogen) atoms. The lowest BCUT2D eigenvalue weighted by molar-refractivity contribution is 0.243. The van der Waals surface area contributed by atoms with Crippen LogP contribution in [0.3, 0.4) is 0 Å². The molecule has 0 heterocycles. The van der Waals surface area contributed by atoms with Crippen LogP contribution >= 0.6 is 11.6 Å². The van der Waals surface area contributed by atoms with Crippen LogP contribution in [0.4, 0.5) is 0 Å². The average molecular weight is 214 g/mol. The first kappa shape index (κ1) is 11.5. The predicted octanol–water partition coefficient (Wildman–Crippen LogP) is 2.37. The van der Waals surface area contributed by atoms with E-state index in [4.69, 9.17) is 16.7 Å². The second kappa shape index (κ2) is 5.35. The van der Waals surface area contributed by atoms with Crippen LogP contribution in [0.2, 0.25) is 5.02 Å². The molecule has 2 nitrogen and oxygen atoms in total. The lowest BCUT2D eigenvalue weighted by atomic mass is 10.1. The van der Waals surface area contributed by atoms with Gasteiger partial charge in [0.25, 0.3) is 0 Å². The summed E-state index contributed by atoms with van der Waals surface area (Å²) in [5, 5.41) is 12.9. The number of rotatable bonds is 4. The molecule has 1 aromatic carbocycles. The Hall–Kier alpha value is -0.570. The predicted molar refractivity (Wildman–Crippen MR) is 59.6 cm³/mol. The van der Waals surface area contributed by atoms with Crippen molar-refractivity contribution in [1.82, 2.24) is 5.32 Å². The maximum atomic E-state index is 8.89. The first-order valence-electron chi connectivity index (χ1n) is 4.76. The molecule has 1 aromatic rings. The summed E-state index contributed by atoms with van der Waals surface area (Å²) in [6.45, 7) is 4.17. The summed E-state index contributed by atoms with van der Waals surface area (Å²) in [5.74, 6) is 0. The Bertz CT molecular complexity index is 273. The Labute approximate surface area is 89.9 Å². The molecule has 1 rings (SSSR count). The van der Waals surface area contributed by atoms with Crippen molar-refractivity contribution in [2.24, 2.45) is 0 Å². The van der Waals surface area contributed by atoms with Gasteiger partial charge in [0.05, 0.1) is 6.61 Å². The maximum Gasteiger partial charge on any atom is 0.0582 e. The molecule has 0 spiro atoms. The van der Waals surface area contributed by atoms with Crippen molar-refractivity contribution in [3.63, 3.8) is 0 Å². The summed E-state index contributed by atoms with van der Waals surface area (Å²) >= 11 is 5.79. The molecule has 0 aliphatic rings. The monoisotopic (exact) mass is 213 g/mol. The largest absolute Gasteiger partial charge is 0.395 e. The van der Waals surface area contributed by atoms with Gasteiger partial charge >= 0.3 is 0 Å². The van der Waals surface area contributed by atoms with E-state index >= 15 is 0 Å². The van der Waals surface area contributed by atoms with Gasteiger partial charge in [-0.25, -0.2) is 0 Å². The van der Waals surface area contributed by atoms with E-state index in [0.29, 0.717) is 0 Å². The van der Waals surface area contributed by atoms with Crippen LogP contribution < -0.4 is 5.32 Å². The SMILES string of the molecule is C[C@H](N[C@@H](C)CO)c1ccc(Cl)cc1. The fourth-order valence-electron chi connectivity index (χ4n) is 1.33. The molecule has 0 saturated carbocycles. The van der Waals surface area contributed by atoms with E-state index in [1.807, 2.05) is 31.2 Å². The van der Waals surface area contributed by atoms with Gasteiger partial charge in [0.15, 0.2) is 0 Å². The third-order valence-electron chi connectivity index (χ3n) is 2.18. The minimum Gasteiger partial charge on any atom is -0.395 e. The lowest BCUT2D eigenvalue weighted by Gasteiger charge is -2.18. The molecule has 0 radical (unpaired) electrons. The second-order valence-electron chi connectivity index (χ2n) is 3.52. The molecule has 0 unspecified atom stereocenters. The van der Waals surface area contributed by atoms with E-state index in [2.05, 4.69) is 12.2 Å². The molecule has 0 aliphatic carbocycles. The minimum atomic E-state index is 0.112. The van der Waals surface area contributed by atoms with Crippen LogP contribution in [-0.2, 0) is 0 Å². The summed E-state index contributed by atoms with van der Waals surface area (Å²) in [6, 6.07) is 8.07. The smallest absolute Gasteiger partial charge is 0.0582 e. The van der Waals surface area contributed by atoms with Crippen LogP contribution in [0.5, 0.6) is 0 Å². The molecule has 0 fully saturated rings. The zero-order valence-electron chi connectivity index (χ0n) is 8.50. The number of hydrogen-bond acceptors (Lipinski definition) is 2. The van der Waals surface area contributed by atoms with Crippen LogP contribution in [0.15, 0.2) is 24.3 Å². The molecule has 2 N–H and O–H groups in total. The fraction of sp³-hybridized carbons (Fsp3) is 0.455. The Morgan fingerprint density at radius 2 is 1.86 bits per heavy atom. The Morgan fingerprint density at radius 1 is 1.29 bits per heavy atom. The highest BCUT2D eigenvalue weighted by Crippen LogP contribution is 2.16. The van der Waals surface area contributed by atoms with E-state index in [1.165, 1.54) is 5.56 Å². The molecular weight excluding hydrogens is 198 g/mol. The molecule has 78 valence electrons. The van der Waals surface area contributed by atoms with E-state index < -0.39 is 0 Å². The molecule has 0 bridgehead atoms. The van der Waals surface area contributed by atoms with Gasteiger partial charge in [0, 0.05) is 17.1 Å². The molecule has 3 heteroatoms. The van der Waals surface area contributed by atoms with E-state index in [0.717, 1.165) is 5.02 Å².